The molecule has 0 aliphatic rings. The Morgan fingerprint density at radius 2 is 0.818 bits per heavy atom. The highest BCUT2D eigenvalue weighted by molar-refractivity contribution is 5.77. The van der Waals surface area contributed by atoms with E-state index in [4.69, 9.17) is 5.11 Å². The second-order valence-corrected chi connectivity index (χ2v) is 3.67. The average Bonchev–Trinajstić information content (AvgIpc) is 2.25. The monoisotopic (exact) mass is 365 g/mol. The summed E-state index contributed by atoms with van der Waals surface area (Å²) in [5.74, 6) is -43.0. The number of hydrogen-bond donors (Lipinski definition) is 1. The first kappa shape index (κ1) is 20.6. The standard InChI is InChI=1S/C7HF13O2/c8-2(9,1(21)22)3(10,11)4(12,13)5(14,15)6(16,17)7(18,19)20/h(H,21,22)/i1+1. The van der Waals surface area contributed by atoms with Gasteiger partial charge in [0.15, 0.2) is 0 Å². The normalized spacial score (nSPS) is 15.9. The van der Waals surface area contributed by atoms with Gasteiger partial charge in [0, 0.05) is 0 Å². The van der Waals surface area contributed by atoms with E-state index in [0.29, 0.717) is 0 Å². The van der Waals surface area contributed by atoms with Crippen LogP contribution in [0.1, 0.15) is 0 Å². The van der Waals surface area contributed by atoms with Gasteiger partial charge in [0.2, 0.25) is 0 Å². The van der Waals surface area contributed by atoms with Crippen LogP contribution in [-0.2, 0) is 4.79 Å². The van der Waals surface area contributed by atoms with Crippen molar-refractivity contribution in [3.05, 3.63) is 0 Å². The van der Waals surface area contributed by atoms with Crippen LogP contribution >= 0.6 is 0 Å². The number of hydrogen-bond acceptors (Lipinski definition) is 1. The molecule has 0 aliphatic carbocycles. The number of carbonyl (C=O) groups is 1. The molecule has 0 aliphatic heterocycles. The maximum atomic E-state index is 12.6. The van der Waals surface area contributed by atoms with Crippen LogP contribution in [-0.4, -0.2) is 46.9 Å². The molecule has 0 rings (SSSR count). The van der Waals surface area contributed by atoms with Crippen molar-refractivity contribution in [1.29, 1.82) is 0 Å². The maximum Gasteiger partial charge on any atom is 0.460 e. The molecular weight excluding hydrogens is 364 g/mol. The molecule has 0 unspecified atom stereocenters. The van der Waals surface area contributed by atoms with Crippen molar-refractivity contribution in [2.24, 2.45) is 0 Å². The number of rotatable bonds is 5. The van der Waals surface area contributed by atoms with E-state index in [1.165, 1.54) is 0 Å². The molecule has 2 nitrogen and oxygen atoms in total. The summed E-state index contributed by atoms with van der Waals surface area (Å²) in [6, 6.07) is 0. The summed E-state index contributed by atoms with van der Waals surface area (Å²) in [6.45, 7) is 0. The topological polar surface area (TPSA) is 37.3 Å². The Hall–Kier alpha value is -1.44. The van der Waals surface area contributed by atoms with Crippen LogP contribution in [0.3, 0.4) is 0 Å². The molecule has 0 heterocycles. The lowest BCUT2D eigenvalue weighted by Gasteiger charge is -2.38. The summed E-state index contributed by atoms with van der Waals surface area (Å²) in [4.78, 5) is 9.67. The van der Waals surface area contributed by atoms with E-state index in [1.807, 2.05) is 0 Å². The van der Waals surface area contributed by atoms with Crippen molar-refractivity contribution < 1.29 is 67.0 Å². The molecule has 15 heteroatoms. The van der Waals surface area contributed by atoms with Crippen LogP contribution in [0.15, 0.2) is 0 Å². The molecule has 0 atom stereocenters. The van der Waals surface area contributed by atoms with Gasteiger partial charge < -0.3 is 5.11 Å². The number of alkyl halides is 13. The van der Waals surface area contributed by atoms with Crippen LogP contribution in [0, 0.1) is 0 Å². The zero-order chi connectivity index (χ0) is 18.6. The molecule has 0 bridgehead atoms. The summed E-state index contributed by atoms with van der Waals surface area (Å²) in [6.07, 6.45) is -7.52. The lowest BCUT2D eigenvalue weighted by molar-refractivity contribution is -0.436. The van der Waals surface area contributed by atoms with E-state index in [0.717, 1.165) is 0 Å². The van der Waals surface area contributed by atoms with Crippen molar-refractivity contribution in [3.63, 3.8) is 0 Å². The highest BCUT2D eigenvalue weighted by Gasteiger charge is 2.91. The molecule has 0 amide bonds. The van der Waals surface area contributed by atoms with Crippen LogP contribution in [0.5, 0.6) is 0 Å². The maximum absolute atomic E-state index is 12.6. The Morgan fingerprint density at radius 1 is 0.545 bits per heavy atom. The Morgan fingerprint density at radius 3 is 1.05 bits per heavy atom. The second kappa shape index (κ2) is 4.78. The van der Waals surface area contributed by atoms with Crippen LogP contribution < -0.4 is 0 Å². The third-order valence-corrected chi connectivity index (χ3v) is 2.20. The van der Waals surface area contributed by atoms with E-state index >= 15 is 0 Å². The second-order valence-electron chi connectivity index (χ2n) is 3.67. The first-order valence-electron chi connectivity index (χ1n) is 4.38. The number of halogens is 13. The predicted molar refractivity (Wildman–Crippen MR) is 38.4 cm³/mol. The highest BCUT2D eigenvalue weighted by Crippen LogP contribution is 2.60. The Kier molecular flexibility index (Phi) is 4.46. The average molecular weight is 365 g/mol. The fourth-order valence-corrected chi connectivity index (χ4v) is 0.904. The molecule has 0 radical (unpaired) electrons. The number of carboxylic acids is 1. The summed E-state index contributed by atoms with van der Waals surface area (Å²) in [7, 11) is 0. The summed E-state index contributed by atoms with van der Waals surface area (Å²) in [5, 5.41) is 7.55. The molecule has 0 spiro atoms. The van der Waals surface area contributed by atoms with Crippen molar-refractivity contribution in [2.45, 2.75) is 35.8 Å². The van der Waals surface area contributed by atoms with E-state index in [2.05, 4.69) is 0 Å². The lowest BCUT2D eigenvalue weighted by Crippen LogP contribution is -2.71. The highest BCUT2D eigenvalue weighted by atomic mass is 19.4. The Labute approximate surface area is 110 Å². The van der Waals surface area contributed by atoms with Gasteiger partial charge in [0.1, 0.15) is 0 Å². The Balaban J connectivity index is 6.29. The van der Waals surface area contributed by atoms with Gasteiger partial charge in [-0.15, -0.1) is 0 Å². The number of aliphatic carboxylic acids is 1. The van der Waals surface area contributed by atoms with Crippen molar-refractivity contribution in [3.8, 4) is 0 Å². The molecule has 1 N–H and O–H groups in total. The van der Waals surface area contributed by atoms with Gasteiger partial charge in [-0.3, -0.25) is 0 Å². The van der Waals surface area contributed by atoms with E-state index < -0.39 is 41.8 Å². The molecule has 22 heavy (non-hydrogen) atoms. The molecule has 132 valence electrons. The van der Waals surface area contributed by atoms with Crippen LogP contribution in [0.2, 0.25) is 0 Å². The van der Waals surface area contributed by atoms with Gasteiger partial charge in [0.05, 0.1) is 0 Å². The van der Waals surface area contributed by atoms with Crippen LogP contribution in [0.25, 0.3) is 0 Å². The minimum Gasteiger partial charge on any atom is -0.477 e. The molecule has 0 aromatic rings. The summed E-state index contributed by atoms with van der Waals surface area (Å²) < 4.78 is 159. The van der Waals surface area contributed by atoms with Crippen LogP contribution in [0.4, 0.5) is 57.1 Å². The van der Waals surface area contributed by atoms with E-state index in [9.17, 15) is 61.9 Å². The largest absolute Gasteiger partial charge is 0.477 e. The zero-order valence-corrected chi connectivity index (χ0v) is 9.27. The molecule has 0 saturated heterocycles. The fraction of sp³-hybridized carbons (Fsp3) is 0.857. The molecule has 0 aromatic carbocycles. The molecular formula is C7HF13O2. The van der Waals surface area contributed by atoms with Gasteiger partial charge >= 0.3 is 41.8 Å². The van der Waals surface area contributed by atoms with Gasteiger partial charge in [-0.2, -0.15) is 57.1 Å². The quantitative estimate of drug-likeness (QED) is 0.595. The van der Waals surface area contributed by atoms with Gasteiger partial charge in [-0.1, -0.05) is 0 Å². The fourth-order valence-electron chi connectivity index (χ4n) is 0.904. The third-order valence-electron chi connectivity index (χ3n) is 2.20. The van der Waals surface area contributed by atoms with Gasteiger partial charge in [0.25, 0.3) is 0 Å². The van der Waals surface area contributed by atoms with Crippen molar-refractivity contribution >= 4 is 5.97 Å². The van der Waals surface area contributed by atoms with Gasteiger partial charge in [-0.25, -0.2) is 4.79 Å². The minimum atomic E-state index is -8.08. The SMILES string of the molecule is O=[13C](O)C(F)(F)C(F)(F)C(F)(F)C(F)(F)C(F)(F)C(F)(F)F. The molecule has 0 saturated carbocycles. The minimum absolute atomic E-state index is 4.15. The Bertz CT molecular complexity index is 448. The lowest BCUT2D eigenvalue weighted by atomic mass is 9.96. The summed E-state index contributed by atoms with van der Waals surface area (Å²) in [5.41, 5.74) is 0. The first-order chi connectivity index (χ1) is 9.19. The zero-order valence-electron chi connectivity index (χ0n) is 9.27. The third kappa shape index (κ3) is 2.33. The predicted octanol–water partition coefficient (Wildman–Crippen LogP) is 3.81. The van der Waals surface area contributed by atoms with E-state index in [1.54, 1.807) is 0 Å². The van der Waals surface area contributed by atoms with Gasteiger partial charge in [-0.05, 0) is 0 Å². The van der Waals surface area contributed by atoms with Crippen molar-refractivity contribution in [2.75, 3.05) is 0 Å². The smallest absolute Gasteiger partial charge is 0.460 e. The summed E-state index contributed by atoms with van der Waals surface area (Å²) >= 11 is 0. The van der Waals surface area contributed by atoms with E-state index in [-0.39, 0.29) is 0 Å². The first-order valence-corrected chi connectivity index (χ1v) is 4.38. The number of carboxylic acid groups (broad SMARTS) is 1. The van der Waals surface area contributed by atoms with Crippen molar-refractivity contribution in [1.82, 2.24) is 0 Å². The molecule has 0 aromatic heterocycles. The molecule has 0 fully saturated rings.